The van der Waals surface area contributed by atoms with E-state index in [2.05, 4.69) is 22.8 Å². The van der Waals surface area contributed by atoms with Gasteiger partial charge in [-0.3, -0.25) is 0 Å². The molecule has 5 nitrogen and oxygen atoms in total. The van der Waals surface area contributed by atoms with Crippen molar-refractivity contribution in [2.75, 3.05) is 5.32 Å². The SMILES string of the molecule is CC(CCc1ccccc1)NC(=O)Nc1ccc(S(=O)(=O)C2CCCC2)cc1. The molecule has 0 heterocycles. The molecular weight excluding hydrogens is 372 g/mol. The average molecular weight is 401 g/mol. The molecule has 0 aliphatic heterocycles. The van der Waals surface area contributed by atoms with Crippen LogP contribution in [0, 0.1) is 0 Å². The van der Waals surface area contributed by atoms with Crippen molar-refractivity contribution in [2.24, 2.45) is 0 Å². The fraction of sp³-hybridized carbons (Fsp3) is 0.409. The smallest absolute Gasteiger partial charge is 0.319 e. The maximum atomic E-state index is 12.6. The summed E-state index contributed by atoms with van der Waals surface area (Å²) in [5, 5.41) is 5.43. The van der Waals surface area contributed by atoms with E-state index in [4.69, 9.17) is 0 Å². The van der Waals surface area contributed by atoms with Crippen LogP contribution in [0.5, 0.6) is 0 Å². The Labute approximate surface area is 167 Å². The zero-order chi connectivity index (χ0) is 20.0. The second-order valence-electron chi connectivity index (χ2n) is 7.50. The van der Waals surface area contributed by atoms with Crippen LogP contribution in [-0.4, -0.2) is 25.7 Å². The molecule has 0 radical (unpaired) electrons. The van der Waals surface area contributed by atoms with Crippen LogP contribution in [0.3, 0.4) is 0 Å². The first kappa shape index (κ1) is 20.4. The summed E-state index contributed by atoms with van der Waals surface area (Å²) in [6.07, 6.45) is 5.18. The number of rotatable bonds is 7. The Bertz CT molecular complexity index is 874. The third-order valence-electron chi connectivity index (χ3n) is 5.27. The Balaban J connectivity index is 1.50. The third kappa shape index (κ3) is 5.35. The normalized spacial score (nSPS) is 15.9. The van der Waals surface area contributed by atoms with Crippen LogP contribution in [0.1, 0.15) is 44.6 Å². The number of benzene rings is 2. The highest BCUT2D eigenvalue weighted by Gasteiger charge is 2.30. The summed E-state index contributed by atoms with van der Waals surface area (Å²) in [7, 11) is -3.26. The van der Waals surface area contributed by atoms with E-state index >= 15 is 0 Å². The van der Waals surface area contributed by atoms with E-state index in [0.29, 0.717) is 10.6 Å². The van der Waals surface area contributed by atoms with Crippen molar-refractivity contribution in [2.45, 2.75) is 61.6 Å². The minimum absolute atomic E-state index is 0.0298. The van der Waals surface area contributed by atoms with Gasteiger partial charge in [-0.1, -0.05) is 43.2 Å². The van der Waals surface area contributed by atoms with E-state index in [9.17, 15) is 13.2 Å². The zero-order valence-corrected chi connectivity index (χ0v) is 17.0. The highest BCUT2D eigenvalue weighted by atomic mass is 32.2. The van der Waals surface area contributed by atoms with Crippen molar-refractivity contribution in [1.82, 2.24) is 5.32 Å². The first-order valence-corrected chi connectivity index (χ1v) is 11.4. The Morgan fingerprint density at radius 1 is 1.04 bits per heavy atom. The van der Waals surface area contributed by atoms with Gasteiger partial charge in [0.15, 0.2) is 9.84 Å². The van der Waals surface area contributed by atoms with Gasteiger partial charge in [0.2, 0.25) is 0 Å². The first-order valence-electron chi connectivity index (χ1n) is 9.90. The van der Waals surface area contributed by atoms with Crippen LogP contribution in [0.15, 0.2) is 59.5 Å². The molecule has 0 spiro atoms. The summed E-state index contributed by atoms with van der Waals surface area (Å²) >= 11 is 0. The summed E-state index contributed by atoms with van der Waals surface area (Å²) in [5.74, 6) is 0. The van der Waals surface area contributed by atoms with Gasteiger partial charge in [-0.05, 0) is 62.4 Å². The van der Waals surface area contributed by atoms with Crippen LogP contribution < -0.4 is 10.6 Å². The van der Waals surface area contributed by atoms with Crippen LogP contribution in [-0.2, 0) is 16.3 Å². The number of hydrogen-bond donors (Lipinski definition) is 2. The standard InChI is InChI=1S/C22H28N2O3S/c1-17(11-12-18-7-3-2-4-8-18)23-22(25)24-19-13-15-21(16-14-19)28(26,27)20-9-5-6-10-20/h2-4,7-8,13-17,20H,5-6,9-12H2,1H3,(H2,23,24,25). The fourth-order valence-electron chi connectivity index (χ4n) is 3.61. The number of nitrogens with one attached hydrogen (secondary N) is 2. The third-order valence-corrected chi connectivity index (χ3v) is 7.55. The molecule has 2 aromatic rings. The molecule has 1 fully saturated rings. The van der Waals surface area contributed by atoms with Gasteiger partial charge in [-0.2, -0.15) is 0 Å². The fourth-order valence-corrected chi connectivity index (χ4v) is 5.46. The van der Waals surface area contributed by atoms with Crippen LogP contribution >= 0.6 is 0 Å². The lowest BCUT2D eigenvalue weighted by molar-refractivity contribution is 0.248. The van der Waals surface area contributed by atoms with Gasteiger partial charge in [0.1, 0.15) is 0 Å². The summed E-state index contributed by atoms with van der Waals surface area (Å²) in [6.45, 7) is 1.97. The van der Waals surface area contributed by atoms with Crippen LogP contribution in [0.2, 0.25) is 0 Å². The number of hydrogen-bond acceptors (Lipinski definition) is 3. The van der Waals surface area contributed by atoms with E-state index in [1.54, 1.807) is 24.3 Å². The van der Waals surface area contributed by atoms with Gasteiger partial charge in [-0.25, -0.2) is 13.2 Å². The van der Waals surface area contributed by atoms with E-state index in [0.717, 1.165) is 38.5 Å². The summed E-state index contributed by atoms with van der Waals surface area (Å²) in [4.78, 5) is 12.5. The Morgan fingerprint density at radius 3 is 2.32 bits per heavy atom. The minimum Gasteiger partial charge on any atom is -0.335 e. The van der Waals surface area contributed by atoms with Crippen molar-refractivity contribution in [3.63, 3.8) is 0 Å². The van der Waals surface area contributed by atoms with Crippen LogP contribution in [0.4, 0.5) is 10.5 Å². The number of anilines is 1. The number of urea groups is 1. The number of carbonyl (C=O) groups is 1. The van der Waals surface area contributed by atoms with Crippen molar-refractivity contribution in [1.29, 1.82) is 0 Å². The molecular formula is C22H28N2O3S. The predicted molar refractivity (Wildman–Crippen MR) is 112 cm³/mol. The predicted octanol–water partition coefficient (Wildman–Crippen LogP) is 4.55. The molecule has 150 valence electrons. The van der Waals surface area contributed by atoms with Crippen molar-refractivity contribution < 1.29 is 13.2 Å². The quantitative estimate of drug-likeness (QED) is 0.716. The molecule has 1 aliphatic rings. The lowest BCUT2D eigenvalue weighted by atomic mass is 10.1. The molecule has 2 amide bonds. The molecule has 6 heteroatoms. The van der Waals surface area contributed by atoms with Crippen molar-refractivity contribution in [3.8, 4) is 0 Å². The molecule has 2 N–H and O–H groups in total. The molecule has 0 aromatic heterocycles. The second kappa shape index (κ2) is 9.24. The second-order valence-corrected chi connectivity index (χ2v) is 9.73. The maximum absolute atomic E-state index is 12.6. The van der Waals surface area contributed by atoms with Crippen LogP contribution in [0.25, 0.3) is 0 Å². The summed E-state index contributed by atoms with van der Waals surface area (Å²) in [6, 6.07) is 16.4. The topological polar surface area (TPSA) is 75.3 Å². The molecule has 1 saturated carbocycles. The van der Waals surface area contributed by atoms with Gasteiger partial charge >= 0.3 is 6.03 Å². The van der Waals surface area contributed by atoms with Crippen molar-refractivity contribution in [3.05, 3.63) is 60.2 Å². The highest BCUT2D eigenvalue weighted by molar-refractivity contribution is 7.92. The minimum atomic E-state index is -3.26. The molecule has 3 rings (SSSR count). The molecule has 1 aliphatic carbocycles. The molecule has 0 bridgehead atoms. The van der Waals surface area contributed by atoms with Gasteiger partial charge in [0.05, 0.1) is 10.1 Å². The maximum Gasteiger partial charge on any atom is 0.319 e. The lowest BCUT2D eigenvalue weighted by Gasteiger charge is -2.15. The molecule has 28 heavy (non-hydrogen) atoms. The van der Waals surface area contributed by atoms with E-state index < -0.39 is 9.84 Å². The van der Waals surface area contributed by atoms with Gasteiger partial charge in [-0.15, -0.1) is 0 Å². The summed E-state index contributed by atoms with van der Waals surface area (Å²) in [5.41, 5.74) is 1.83. The molecule has 0 saturated heterocycles. The summed E-state index contributed by atoms with van der Waals surface area (Å²) < 4.78 is 25.2. The number of amides is 2. The number of sulfone groups is 1. The Kier molecular flexibility index (Phi) is 6.73. The molecule has 1 unspecified atom stereocenters. The largest absolute Gasteiger partial charge is 0.335 e. The first-order chi connectivity index (χ1) is 13.4. The highest BCUT2D eigenvalue weighted by Crippen LogP contribution is 2.30. The van der Waals surface area contributed by atoms with Gasteiger partial charge in [0, 0.05) is 11.7 Å². The Hall–Kier alpha value is -2.34. The monoisotopic (exact) mass is 400 g/mol. The molecule has 1 atom stereocenters. The molecule has 2 aromatic carbocycles. The number of carbonyl (C=O) groups excluding carboxylic acids is 1. The van der Waals surface area contributed by atoms with E-state index in [1.807, 2.05) is 25.1 Å². The Morgan fingerprint density at radius 2 is 1.68 bits per heavy atom. The zero-order valence-electron chi connectivity index (χ0n) is 16.2. The number of aryl methyl sites for hydroxylation is 1. The lowest BCUT2D eigenvalue weighted by Crippen LogP contribution is -2.36. The average Bonchev–Trinajstić information content (AvgIpc) is 3.23. The van der Waals surface area contributed by atoms with Crippen molar-refractivity contribution >= 4 is 21.6 Å². The van der Waals surface area contributed by atoms with E-state index in [1.165, 1.54) is 5.56 Å². The van der Waals surface area contributed by atoms with Gasteiger partial charge in [0.25, 0.3) is 0 Å². The van der Waals surface area contributed by atoms with Gasteiger partial charge < -0.3 is 10.6 Å². The van der Waals surface area contributed by atoms with E-state index in [-0.39, 0.29) is 17.3 Å².